The molecule has 1 aliphatic heterocycles. The number of hydrogen-bond donors (Lipinski definition) is 2. The maximum atomic E-state index is 5.15. The number of hydrogen-bond acceptors (Lipinski definition) is 5. The van der Waals surface area contributed by atoms with Crippen LogP contribution in [0, 0.1) is 0 Å². The minimum Gasteiger partial charge on any atom is -0.472 e. The van der Waals surface area contributed by atoms with Gasteiger partial charge in [0.15, 0.2) is 5.65 Å². The Labute approximate surface area is 122 Å². The van der Waals surface area contributed by atoms with Crippen molar-refractivity contribution in [1.29, 1.82) is 0 Å². The zero-order valence-electron chi connectivity index (χ0n) is 11.6. The first-order valence-electron chi connectivity index (χ1n) is 7.24. The molecular weight excluding hydrogens is 266 g/mol. The maximum Gasteiger partial charge on any atom is 0.165 e. The van der Waals surface area contributed by atoms with Crippen LogP contribution >= 0.6 is 0 Å². The molecule has 0 aliphatic carbocycles. The van der Waals surface area contributed by atoms with E-state index in [1.807, 2.05) is 29.0 Å². The number of furan rings is 1. The van der Waals surface area contributed by atoms with Gasteiger partial charge in [0.05, 0.1) is 18.7 Å². The van der Waals surface area contributed by atoms with Gasteiger partial charge in [-0.15, -0.1) is 0 Å². The third-order valence-electron chi connectivity index (χ3n) is 3.88. The fraction of sp³-hybridized carbons (Fsp3) is 0.333. The van der Waals surface area contributed by atoms with Gasteiger partial charge in [0.1, 0.15) is 5.82 Å². The molecule has 1 aliphatic rings. The molecular formula is C15H17N5O. The number of aromatic nitrogens is 3. The number of nitrogens with zero attached hydrogens (tertiary/aromatic N) is 3. The summed E-state index contributed by atoms with van der Waals surface area (Å²) in [6, 6.07) is 4.32. The number of nitrogens with one attached hydrogen (secondary N) is 2. The van der Waals surface area contributed by atoms with Crippen molar-refractivity contribution in [3.63, 3.8) is 0 Å². The highest BCUT2D eigenvalue weighted by atomic mass is 16.3. The molecule has 0 aromatic carbocycles. The summed E-state index contributed by atoms with van der Waals surface area (Å²) in [7, 11) is 0. The van der Waals surface area contributed by atoms with Gasteiger partial charge < -0.3 is 15.1 Å². The molecule has 0 amide bonds. The molecule has 1 fully saturated rings. The van der Waals surface area contributed by atoms with Gasteiger partial charge in [-0.25, -0.2) is 4.98 Å². The van der Waals surface area contributed by atoms with E-state index in [4.69, 9.17) is 4.42 Å². The fourth-order valence-corrected chi connectivity index (χ4v) is 2.81. The molecule has 0 saturated carbocycles. The van der Waals surface area contributed by atoms with Crippen molar-refractivity contribution in [3.8, 4) is 11.1 Å². The summed E-state index contributed by atoms with van der Waals surface area (Å²) in [5.41, 5.74) is 2.81. The summed E-state index contributed by atoms with van der Waals surface area (Å²) in [6.45, 7) is 2.09. The van der Waals surface area contributed by atoms with Crippen LogP contribution in [0.5, 0.6) is 0 Å². The fourth-order valence-electron chi connectivity index (χ4n) is 2.81. The van der Waals surface area contributed by atoms with E-state index >= 15 is 0 Å². The molecule has 3 aromatic heterocycles. The van der Waals surface area contributed by atoms with Gasteiger partial charge in [-0.2, -0.15) is 9.61 Å². The van der Waals surface area contributed by atoms with Crippen LogP contribution in [0.3, 0.4) is 0 Å². The maximum absolute atomic E-state index is 5.15. The zero-order chi connectivity index (χ0) is 14.1. The predicted molar refractivity (Wildman–Crippen MR) is 80.2 cm³/mol. The predicted octanol–water partition coefficient (Wildman–Crippen LogP) is 2.15. The molecule has 108 valence electrons. The summed E-state index contributed by atoms with van der Waals surface area (Å²) < 4.78 is 7.01. The zero-order valence-corrected chi connectivity index (χ0v) is 11.6. The van der Waals surface area contributed by atoms with Crippen LogP contribution in [0.1, 0.15) is 12.8 Å². The summed E-state index contributed by atoms with van der Waals surface area (Å²) >= 11 is 0. The highest BCUT2D eigenvalue weighted by Crippen LogP contribution is 2.25. The summed E-state index contributed by atoms with van der Waals surface area (Å²) in [4.78, 5) is 4.45. The Morgan fingerprint density at radius 2 is 2.38 bits per heavy atom. The highest BCUT2D eigenvalue weighted by Gasteiger charge is 2.16. The summed E-state index contributed by atoms with van der Waals surface area (Å²) in [6.07, 6.45) is 9.40. The van der Waals surface area contributed by atoms with Crippen LogP contribution in [0.25, 0.3) is 16.8 Å². The van der Waals surface area contributed by atoms with Crippen LogP contribution in [-0.4, -0.2) is 33.7 Å². The van der Waals surface area contributed by atoms with Gasteiger partial charge >= 0.3 is 0 Å². The first kappa shape index (κ1) is 12.4. The van der Waals surface area contributed by atoms with E-state index in [0.29, 0.717) is 6.04 Å². The van der Waals surface area contributed by atoms with Crippen molar-refractivity contribution in [3.05, 3.63) is 37.1 Å². The number of piperidine rings is 1. The first-order chi connectivity index (χ1) is 10.4. The largest absolute Gasteiger partial charge is 0.472 e. The summed E-state index contributed by atoms with van der Waals surface area (Å²) in [5.74, 6) is 0.975. The van der Waals surface area contributed by atoms with E-state index in [2.05, 4.69) is 20.7 Å². The van der Waals surface area contributed by atoms with Crippen LogP contribution in [-0.2, 0) is 0 Å². The molecule has 4 heterocycles. The number of rotatable bonds is 3. The normalized spacial score (nSPS) is 19.0. The molecule has 1 unspecified atom stereocenters. The molecule has 2 N–H and O–H groups in total. The molecule has 4 rings (SSSR count). The SMILES string of the molecule is c1cc(NC2CCCNC2)n2ncc(-c3ccoc3)c2n1. The van der Waals surface area contributed by atoms with E-state index in [9.17, 15) is 0 Å². The van der Waals surface area contributed by atoms with Crippen LogP contribution in [0.2, 0.25) is 0 Å². The third-order valence-corrected chi connectivity index (χ3v) is 3.88. The molecule has 1 saturated heterocycles. The average molecular weight is 283 g/mol. The Bertz CT molecular complexity index is 728. The van der Waals surface area contributed by atoms with E-state index in [0.717, 1.165) is 35.7 Å². The Kier molecular flexibility index (Phi) is 3.08. The van der Waals surface area contributed by atoms with Crippen LogP contribution in [0.4, 0.5) is 5.82 Å². The Hall–Kier alpha value is -2.34. The molecule has 0 spiro atoms. The standard InChI is InChI=1S/C15H17N5O/c1-2-12(8-16-5-1)19-14-3-6-17-15-13(9-18-20(14)15)11-4-7-21-10-11/h3-4,6-7,9-10,12,16,19H,1-2,5,8H2. The summed E-state index contributed by atoms with van der Waals surface area (Å²) in [5, 5.41) is 11.4. The van der Waals surface area contributed by atoms with Gasteiger partial charge in [0.2, 0.25) is 0 Å². The van der Waals surface area contributed by atoms with Gasteiger partial charge in [0, 0.05) is 29.9 Å². The van der Waals surface area contributed by atoms with Crippen molar-refractivity contribution >= 4 is 11.5 Å². The van der Waals surface area contributed by atoms with Crippen LogP contribution < -0.4 is 10.6 Å². The van der Waals surface area contributed by atoms with Crippen LogP contribution in [0.15, 0.2) is 41.5 Å². The molecule has 1 atom stereocenters. The second kappa shape index (κ2) is 5.21. The Morgan fingerprint density at radius 3 is 3.19 bits per heavy atom. The van der Waals surface area contributed by atoms with Gasteiger partial charge in [-0.1, -0.05) is 0 Å². The monoisotopic (exact) mass is 283 g/mol. The molecule has 6 nitrogen and oxygen atoms in total. The lowest BCUT2D eigenvalue weighted by molar-refractivity contribution is 0.478. The molecule has 6 heteroatoms. The smallest absolute Gasteiger partial charge is 0.165 e. The topological polar surface area (TPSA) is 67.4 Å². The minimum atomic E-state index is 0.436. The molecule has 0 radical (unpaired) electrons. The van der Waals surface area contributed by atoms with Crippen molar-refractivity contribution in [2.75, 3.05) is 18.4 Å². The third kappa shape index (κ3) is 2.27. The van der Waals surface area contributed by atoms with E-state index in [-0.39, 0.29) is 0 Å². The van der Waals surface area contributed by atoms with Gasteiger partial charge in [-0.3, -0.25) is 0 Å². The second-order valence-corrected chi connectivity index (χ2v) is 5.32. The van der Waals surface area contributed by atoms with Gasteiger partial charge in [-0.05, 0) is 31.5 Å². The van der Waals surface area contributed by atoms with Crippen molar-refractivity contribution < 1.29 is 4.42 Å². The lowest BCUT2D eigenvalue weighted by atomic mass is 10.1. The molecule has 0 bridgehead atoms. The highest BCUT2D eigenvalue weighted by molar-refractivity contribution is 5.77. The molecule has 3 aromatic rings. The number of anilines is 1. The lowest BCUT2D eigenvalue weighted by Crippen LogP contribution is -2.38. The van der Waals surface area contributed by atoms with Crippen molar-refractivity contribution in [2.45, 2.75) is 18.9 Å². The lowest BCUT2D eigenvalue weighted by Gasteiger charge is -2.24. The second-order valence-electron chi connectivity index (χ2n) is 5.32. The van der Waals surface area contributed by atoms with Crippen molar-refractivity contribution in [1.82, 2.24) is 19.9 Å². The average Bonchev–Trinajstić information content (AvgIpc) is 3.17. The van der Waals surface area contributed by atoms with E-state index in [1.54, 1.807) is 12.5 Å². The quantitative estimate of drug-likeness (QED) is 0.771. The number of fused-ring (bicyclic) bond motifs is 1. The van der Waals surface area contributed by atoms with E-state index in [1.165, 1.54) is 12.8 Å². The van der Waals surface area contributed by atoms with Crippen molar-refractivity contribution in [2.24, 2.45) is 0 Å². The Balaban J connectivity index is 1.70. The minimum absolute atomic E-state index is 0.436. The first-order valence-corrected chi connectivity index (χ1v) is 7.24. The Morgan fingerprint density at radius 1 is 1.38 bits per heavy atom. The van der Waals surface area contributed by atoms with E-state index < -0.39 is 0 Å². The van der Waals surface area contributed by atoms with Gasteiger partial charge in [0.25, 0.3) is 0 Å². The molecule has 21 heavy (non-hydrogen) atoms.